The van der Waals surface area contributed by atoms with Crippen LogP contribution < -0.4 is 5.32 Å². The molecular weight excluding hydrogens is 356 g/mol. The Morgan fingerprint density at radius 1 is 1.20 bits per heavy atom. The van der Waals surface area contributed by atoms with Gasteiger partial charge >= 0.3 is 0 Å². The van der Waals surface area contributed by atoms with Crippen molar-refractivity contribution in [3.05, 3.63) is 63.6 Å². The second kappa shape index (κ2) is 6.85. The highest BCUT2D eigenvalue weighted by atomic mass is 32.1. The van der Waals surface area contributed by atoms with Crippen molar-refractivity contribution < 1.29 is 14.0 Å². The molecule has 1 N–H and O–H groups in total. The lowest BCUT2D eigenvalue weighted by molar-refractivity contribution is 0.0742. The number of rotatable bonds is 4. The van der Waals surface area contributed by atoms with E-state index in [0.717, 1.165) is 19.4 Å². The van der Waals surface area contributed by atoms with E-state index in [9.17, 15) is 9.59 Å². The smallest absolute Gasteiger partial charge is 0.291 e. The topological polar surface area (TPSA) is 62.6 Å². The van der Waals surface area contributed by atoms with Gasteiger partial charge in [-0.3, -0.25) is 9.59 Å². The number of hydrogen-bond acceptors (Lipinski definition) is 5. The van der Waals surface area contributed by atoms with Gasteiger partial charge in [-0.1, -0.05) is 6.07 Å². The Morgan fingerprint density at radius 3 is 2.88 bits per heavy atom. The number of nitrogens with one attached hydrogen (secondary N) is 1. The van der Waals surface area contributed by atoms with E-state index < -0.39 is 0 Å². The normalized spacial score (nSPS) is 17.0. The zero-order chi connectivity index (χ0) is 17.2. The van der Waals surface area contributed by atoms with Gasteiger partial charge in [-0.2, -0.15) is 0 Å². The summed E-state index contributed by atoms with van der Waals surface area (Å²) in [5, 5.41) is 5.45. The van der Waals surface area contributed by atoms with Gasteiger partial charge < -0.3 is 14.6 Å². The van der Waals surface area contributed by atoms with Crippen molar-refractivity contribution >= 4 is 39.5 Å². The van der Waals surface area contributed by atoms with Crippen LogP contribution in [0.2, 0.25) is 0 Å². The summed E-state index contributed by atoms with van der Waals surface area (Å²) in [5.74, 6) is -0.0403. The third-order valence-corrected chi connectivity index (χ3v) is 6.15. The molecule has 0 bridgehead atoms. The maximum absolute atomic E-state index is 12.9. The predicted octanol–water partition coefficient (Wildman–Crippen LogP) is 4.63. The summed E-state index contributed by atoms with van der Waals surface area (Å²) in [4.78, 5) is 28.7. The first-order valence-corrected chi connectivity index (χ1v) is 9.71. The number of amides is 2. The molecule has 5 nitrogen and oxygen atoms in total. The number of nitrogens with zero attached hydrogens (tertiary/aromatic N) is 1. The van der Waals surface area contributed by atoms with E-state index in [4.69, 9.17) is 4.42 Å². The number of furan rings is 1. The first-order valence-electron chi connectivity index (χ1n) is 8.01. The molecule has 3 aromatic heterocycles. The van der Waals surface area contributed by atoms with Gasteiger partial charge in [0.15, 0.2) is 5.76 Å². The number of carbonyl (C=O) groups excluding carboxylic acids is 2. The summed E-state index contributed by atoms with van der Waals surface area (Å²) in [6, 6.07) is 11.1. The standard InChI is InChI=1S/C18H16N2O3S2/c21-17(13-5-2-10-23-13)19-16-8-7-15(25-16)18(22)20-9-1-4-12(20)14-6-3-11-24-14/h2-3,5-8,10-12H,1,4,9H2,(H,19,21). The van der Waals surface area contributed by atoms with Crippen LogP contribution >= 0.6 is 22.7 Å². The third kappa shape index (κ3) is 3.25. The third-order valence-electron chi connectivity index (χ3n) is 4.18. The maximum atomic E-state index is 12.9. The van der Waals surface area contributed by atoms with Crippen molar-refractivity contribution in [1.82, 2.24) is 4.90 Å². The monoisotopic (exact) mass is 372 g/mol. The lowest BCUT2D eigenvalue weighted by Gasteiger charge is -2.23. The van der Waals surface area contributed by atoms with Gasteiger partial charge in [0.25, 0.3) is 11.8 Å². The minimum absolute atomic E-state index is 0.0272. The quantitative estimate of drug-likeness (QED) is 0.726. The van der Waals surface area contributed by atoms with Crippen LogP contribution in [0.25, 0.3) is 0 Å². The molecule has 1 atom stereocenters. The molecule has 25 heavy (non-hydrogen) atoms. The van der Waals surface area contributed by atoms with Crippen LogP contribution in [-0.2, 0) is 0 Å². The zero-order valence-electron chi connectivity index (χ0n) is 13.3. The molecule has 0 saturated carbocycles. The average Bonchev–Trinajstić information content (AvgIpc) is 3.42. The van der Waals surface area contributed by atoms with E-state index in [1.54, 1.807) is 35.6 Å². The SMILES string of the molecule is O=C(Nc1ccc(C(=O)N2CCCC2c2cccs2)s1)c1ccco1. The van der Waals surface area contributed by atoms with Crippen LogP contribution in [0.4, 0.5) is 5.00 Å². The summed E-state index contributed by atoms with van der Waals surface area (Å²) >= 11 is 2.98. The van der Waals surface area contributed by atoms with E-state index >= 15 is 0 Å². The highest BCUT2D eigenvalue weighted by Crippen LogP contribution is 2.36. The van der Waals surface area contributed by atoms with Gasteiger partial charge in [0.2, 0.25) is 0 Å². The number of likely N-dealkylation sites (tertiary alicyclic amines) is 1. The Bertz CT molecular complexity index is 868. The van der Waals surface area contributed by atoms with E-state index in [1.807, 2.05) is 16.3 Å². The molecule has 1 unspecified atom stereocenters. The van der Waals surface area contributed by atoms with E-state index in [0.29, 0.717) is 9.88 Å². The van der Waals surface area contributed by atoms with Gasteiger partial charge in [0.05, 0.1) is 22.2 Å². The van der Waals surface area contributed by atoms with Crippen LogP contribution in [-0.4, -0.2) is 23.3 Å². The largest absolute Gasteiger partial charge is 0.459 e. The number of hydrogen-bond donors (Lipinski definition) is 1. The molecule has 128 valence electrons. The highest BCUT2D eigenvalue weighted by molar-refractivity contribution is 7.18. The van der Waals surface area contributed by atoms with Gasteiger partial charge in [-0.05, 0) is 48.6 Å². The number of anilines is 1. The minimum Gasteiger partial charge on any atom is -0.459 e. The molecule has 0 aromatic carbocycles. The van der Waals surface area contributed by atoms with Crippen molar-refractivity contribution in [2.24, 2.45) is 0 Å². The van der Waals surface area contributed by atoms with Gasteiger partial charge in [0, 0.05) is 11.4 Å². The second-order valence-corrected chi connectivity index (χ2v) is 7.83. The average molecular weight is 372 g/mol. The Labute approximate surface area is 152 Å². The van der Waals surface area contributed by atoms with E-state index in [-0.39, 0.29) is 23.6 Å². The minimum atomic E-state index is -0.316. The molecule has 1 aliphatic rings. The molecule has 1 saturated heterocycles. The lowest BCUT2D eigenvalue weighted by atomic mass is 10.2. The van der Waals surface area contributed by atoms with Crippen molar-refractivity contribution in [3.8, 4) is 0 Å². The first kappa shape index (κ1) is 16.1. The molecule has 2 amide bonds. The molecule has 0 aliphatic carbocycles. The van der Waals surface area contributed by atoms with Crippen LogP contribution in [0, 0.1) is 0 Å². The Morgan fingerprint density at radius 2 is 2.12 bits per heavy atom. The molecule has 7 heteroatoms. The first-order chi connectivity index (χ1) is 12.2. The molecule has 0 spiro atoms. The van der Waals surface area contributed by atoms with Gasteiger partial charge in [0.1, 0.15) is 0 Å². The molecular formula is C18H16N2O3S2. The Hall–Kier alpha value is -2.38. The van der Waals surface area contributed by atoms with Crippen LogP contribution in [0.15, 0.2) is 52.5 Å². The summed E-state index contributed by atoms with van der Waals surface area (Å²) in [6.07, 6.45) is 3.47. The van der Waals surface area contributed by atoms with Crippen LogP contribution in [0.5, 0.6) is 0 Å². The maximum Gasteiger partial charge on any atom is 0.291 e. The fraction of sp³-hybridized carbons (Fsp3) is 0.222. The van der Waals surface area contributed by atoms with Gasteiger partial charge in [-0.15, -0.1) is 22.7 Å². The molecule has 3 aromatic rings. The van der Waals surface area contributed by atoms with Gasteiger partial charge in [-0.25, -0.2) is 0 Å². The van der Waals surface area contributed by atoms with Crippen LogP contribution in [0.3, 0.4) is 0 Å². The highest BCUT2D eigenvalue weighted by Gasteiger charge is 2.31. The molecule has 4 rings (SSSR count). The zero-order valence-corrected chi connectivity index (χ0v) is 14.9. The predicted molar refractivity (Wildman–Crippen MR) is 98.3 cm³/mol. The van der Waals surface area contributed by atoms with Crippen molar-refractivity contribution in [2.75, 3.05) is 11.9 Å². The van der Waals surface area contributed by atoms with E-state index in [1.165, 1.54) is 22.5 Å². The fourth-order valence-corrected chi connectivity index (χ4v) is 4.76. The van der Waals surface area contributed by atoms with Crippen LogP contribution in [0.1, 0.15) is 44.0 Å². The molecule has 1 aliphatic heterocycles. The molecule has 4 heterocycles. The van der Waals surface area contributed by atoms with Crippen molar-refractivity contribution in [3.63, 3.8) is 0 Å². The number of carbonyl (C=O) groups is 2. The summed E-state index contributed by atoms with van der Waals surface area (Å²) in [5.41, 5.74) is 0. The Balaban J connectivity index is 1.48. The van der Waals surface area contributed by atoms with Crippen molar-refractivity contribution in [2.45, 2.75) is 18.9 Å². The fourth-order valence-electron chi connectivity index (χ4n) is 3.03. The second-order valence-electron chi connectivity index (χ2n) is 5.77. The molecule has 1 fully saturated rings. The Kier molecular flexibility index (Phi) is 4.42. The number of thiophene rings is 2. The van der Waals surface area contributed by atoms with E-state index in [2.05, 4.69) is 11.4 Å². The summed E-state index contributed by atoms with van der Waals surface area (Å²) in [6.45, 7) is 0.771. The summed E-state index contributed by atoms with van der Waals surface area (Å²) < 4.78 is 5.08. The lowest BCUT2D eigenvalue weighted by Crippen LogP contribution is -2.29. The van der Waals surface area contributed by atoms with Crippen molar-refractivity contribution in [1.29, 1.82) is 0 Å². The summed E-state index contributed by atoms with van der Waals surface area (Å²) in [7, 11) is 0. The molecule has 0 radical (unpaired) electrons.